The van der Waals surface area contributed by atoms with Crippen molar-refractivity contribution in [3.05, 3.63) is 86.2 Å². The summed E-state index contributed by atoms with van der Waals surface area (Å²) in [6.45, 7) is 5.71. The molecule has 0 saturated heterocycles. The fraction of sp³-hybridized carbons (Fsp3) is 0.455. The fourth-order valence-electron chi connectivity index (χ4n) is 4.87. The Morgan fingerprint density at radius 1 is 0.805 bits per heavy atom. The van der Waals surface area contributed by atoms with Crippen LogP contribution in [0.15, 0.2) is 64.2 Å². The monoisotopic (exact) mass is 561 g/mol. The van der Waals surface area contributed by atoms with Crippen molar-refractivity contribution in [3.8, 4) is 0 Å². The van der Waals surface area contributed by atoms with Gasteiger partial charge in [-0.25, -0.2) is 4.79 Å². The predicted molar refractivity (Wildman–Crippen MR) is 166 cm³/mol. The number of carbonyl (C=O) groups is 2. The van der Waals surface area contributed by atoms with Gasteiger partial charge in [0.2, 0.25) is 0 Å². The highest BCUT2D eigenvalue weighted by Crippen LogP contribution is 2.24. The molecule has 0 aliphatic carbocycles. The first-order chi connectivity index (χ1) is 19.9. The Labute approximate surface area is 242 Å². The van der Waals surface area contributed by atoms with Gasteiger partial charge in [-0.15, -0.1) is 0 Å². The van der Waals surface area contributed by atoms with Gasteiger partial charge in [-0.2, -0.15) is 0 Å². The van der Waals surface area contributed by atoms with E-state index in [2.05, 4.69) is 24.5 Å². The molecule has 0 aliphatic rings. The highest BCUT2D eigenvalue weighted by Gasteiger charge is 2.30. The fourth-order valence-corrected chi connectivity index (χ4v) is 4.87. The van der Waals surface area contributed by atoms with Crippen LogP contribution in [0.4, 0.5) is 17.1 Å². The van der Waals surface area contributed by atoms with Crippen LogP contribution in [0.5, 0.6) is 0 Å². The summed E-state index contributed by atoms with van der Waals surface area (Å²) in [6.07, 6.45) is 8.72. The van der Waals surface area contributed by atoms with E-state index in [1.54, 1.807) is 36.4 Å². The van der Waals surface area contributed by atoms with E-state index in [4.69, 9.17) is 4.74 Å². The average molecular weight is 562 g/mol. The molecule has 41 heavy (non-hydrogen) atoms. The molecule has 3 aromatic carbocycles. The first kappa shape index (κ1) is 31.6. The maximum Gasteiger partial charge on any atom is 0.328 e. The highest BCUT2D eigenvalue weighted by molar-refractivity contribution is 6.04. The molecule has 0 aromatic heterocycles. The lowest BCUT2D eigenvalue weighted by Crippen LogP contribution is -2.46. The van der Waals surface area contributed by atoms with E-state index in [1.165, 1.54) is 7.11 Å². The smallest absolute Gasteiger partial charge is 0.328 e. The minimum absolute atomic E-state index is 0.197. The first-order valence-corrected chi connectivity index (χ1v) is 14.8. The van der Waals surface area contributed by atoms with Crippen LogP contribution in [0.1, 0.15) is 81.1 Å². The maximum absolute atomic E-state index is 12.8. The summed E-state index contributed by atoms with van der Waals surface area (Å²) in [5.41, 5.74) is 1.47. The van der Waals surface area contributed by atoms with Crippen molar-refractivity contribution < 1.29 is 14.3 Å². The molecule has 220 valence electrons. The van der Waals surface area contributed by atoms with E-state index in [0.29, 0.717) is 30.0 Å². The van der Waals surface area contributed by atoms with Gasteiger partial charge < -0.3 is 20.3 Å². The van der Waals surface area contributed by atoms with Gasteiger partial charge in [0.1, 0.15) is 17.4 Å². The molecule has 0 fully saturated rings. The minimum Gasteiger partial charge on any atom is -0.467 e. The molecule has 0 unspecified atom stereocenters. The second kappa shape index (κ2) is 16.4. The van der Waals surface area contributed by atoms with E-state index in [9.17, 15) is 19.2 Å². The van der Waals surface area contributed by atoms with E-state index in [1.807, 2.05) is 23.1 Å². The number of unbranched alkanes of at least 4 members (excludes halogenated alkanes) is 6. The molecule has 8 heteroatoms. The second-order valence-corrected chi connectivity index (χ2v) is 10.4. The molecule has 3 rings (SSSR count). The van der Waals surface area contributed by atoms with Crippen molar-refractivity contribution in [3.63, 3.8) is 0 Å². The SMILES string of the molecule is CCCCCCN(CCCCCC)c1c(N[C@@H](Cc2ccc(NC(=O)c3ccccc3)cc2)C(=O)OC)c(=O)c1=O. The number of nitrogens with zero attached hydrogens (tertiary/aromatic N) is 1. The third kappa shape index (κ3) is 9.03. The van der Waals surface area contributed by atoms with E-state index < -0.39 is 22.9 Å². The lowest BCUT2D eigenvalue weighted by atomic mass is 10.0. The van der Waals surface area contributed by atoms with Crippen LogP contribution < -0.4 is 26.4 Å². The maximum atomic E-state index is 12.8. The van der Waals surface area contributed by atoms with Crippen LogP contribution in [0.25, 0.3) is 0 Å². The molecule has 0 aliphatic heterocycles. The van der Waals surface area contributed by atoms with Crippen molar-refractivity contribution in [2.75, 3.05) is 35.7 Å². The van der Waals surface area contributed by atoms with Crippen LogP contribution >= 0.6 is 0 Å². The molecule has 1 atom stereocenters. The van der Waals surface area contributed by atoms with E-state index >= 15 is 0 Å². The van der Waals surface area contributed by atoms with Gasteiger partial charge in [0.05, 0.1) is 7.11 Å². The predicted octanol–water partition coefficient (Wildman–Crippen LogP) is 5.70. The minimum atomic E-state index is -0.853. The molecule has 3 aromatic rings. The molecule has 0 radical (unpaired) electrons. The van der Waals surface area contributed by atoms with Crippen molar-refractivity contribution >= 4 is 28.9 Å². The second-order valence-electron chi connectivity index (χ2n) is 10.4. The Morgan fingerprint density at radius 3 is 1.98 bits per heavy atom. The summed E-state index contributed by atoms with van der Waals surface area (Å²) >= 11 is 0. The third-order valence-electron chi connectivity index (χ3n) is 7.26. The Balaban J connectivity index is 1.73. The number of ether oxygens (including phenoxy) is 1. The number of anilines is 3. The van der Waals surface area contributed by atoms with Crippen molar-refractivity contribution in [1.29, 1.82) is 0 Å². The molecule has 0 bridgehead atoms. The standard InChI is InChI=1S/C33H43N3O5/c1-4-6-8-13-21-36(22-14-9-7-5-2)29-28(30(37)31(29)38)35-27(33(40)41-3)23-24-17-19-26(20-18-24)34-32(39)25-15-11-10-12-16-25/h10-12,15-20,27,35H,4-9,13-14,21-23H2,1-3H3,(H,34,39)/t27-/m0/s1. The number of amides is 1. The Bertz CT molecular complexity index is 1300. The molecular formula is C33H43N3O5. The van der Waals surface area contributed by atoms with Crippen LogP contribution in [0.3, 0.4) is 0 Å². The first-order valence-electron chi connectivity index (χ1n) is 14.8. The van der Waals surface area contributed by atoms with Crippen LogP contribution in [-0.4, -0.2) is 38.1 Å². The zero-order valence-electron chi connectivity index (χ0n) is 24.5. The van der Waals surface area contributed by atoms with Crippen molar-refractivity contribution in [2.24, 2.45) is 0 Å². The summed E-state index contributed by atoms with van der Waals surface area (Å²) in [7, 11) is 1.30. The quantitative estimate of drug-likeness (QED) is 0.117. The number of rotatable bonds is 18. The van der Waals surface area contributed by atoms with Crippen molar-refractivity contribution in [1.82, 2.24) is 0 Å². The summed E-state index contributed by atoms with van der Waals surface area (Å²) in [6, 6.07) is 15.2. The molecule has 2 N–H and O–H groups in total. The lowest BCUT2D eigenvalue weighted by molar-refractivity contribution is -0.141. The lowest BCUT2D eigenvalue weighted by Gasteiger charge is -2.29. The molecule has 0 saturated carbocycles. The molecular weight excluding hydrogens is 518 g/mol. The molecule has 8 nitrogen and oxygen atoms in total. The topological polar surface area (TPSA) is 105 Å². The average Bonchev–Trinajstić information content (AvgIpc) is 3.00. The Morgan fingerprint density at radius 2 is 1.41 bits per heavy atom. The Kier molecular flexibility index (Phi) is 12.6. The zero-order chi connectivity index (χ0) is 29.6. The summed E-state index contributed by atoms with van der Waals surface area (Å²) in [4.78, 5) is 52.7. The van der Waals surface area contributed by atoms with Gasteiger partial charge >= 0.3 is 5.97 Å². The Hall–Kier alpha value is -3.94. The number of esters is 1. The van der Waals surface area contributed by atoms with Gasteiger partial charge in [-0.1, -0.05) is 82.7 Å². The number of nitrogens with one attached hydrogen (secondary N) is 2. The molecule has 1 amide bonds. The number of hydrogen-bond donors (Lipinski definition) is 2. The molecule has 0 heterocycles. The number of carbonyl (C=O) groups excluding carboxylic acids is 2. The zero-order valence-corrected chi connectivity index (χ0v) is 24.5. The van der Waals surface area contributed by atoms with E-state index in [-0.39, 0.29) is 18.0 Å². The van der Waals surface area contributed by atoms with Crippen LogP contribution in [0, 0.1) is 0 Å². The third-order valence-corrected chi connectivity index (χ3v) is 7.26. The van der Waals surface area contributed by atoms with Gasteiger partial charge in [-0.05, 0) is 42.7 Å². The van der Waals surface area contributed by atoms with Gasteiger partial charge in [0.25, 0.3) is 16.8 Å². The summed E-state index contributed by atoms with van der Waals surface area (Å²) in [5.74, 6) is -0.739. The van der Waals surface area contributed by atoms with Crippen LogP contribution in [-0.2, 0) is 16.0 Å². The van der Waals surface area contributed by atoms with Crippen LogP contribution in [0.2, 0.25) is 0 Å². The van der Waals surface area contributed by atoms with Gasteiger partial charge in [0.15, 0.2) is 0 Å². The normalized spacial score (nSPS) is 11.7. The molecule has 0 spiro atoms. The van der Waals surface area contributed by atoms with Gasteiger partial charge in [0, 0.05) is 30.8 Å². The summed E-state index contributed by atoms with van der Waals surface area (Å²) < 4.78 is 5.03. The number of methoxy groups -OCH3 is 1. The summed E-state index contributed by atoms with van der Waals surface area (Å²) in [5, 5.41) is 5.92. The largest absolute Gasteiger partial charge is 0.467 e. The van der Waals surface area contributed by atoms with Crippen molar-refractivity contribution in [2.45, 2.75) is 77.7 Å². The number of benzene rings is 2. The van der Waals surface area contributed by atoms with Gasteiger partial charge in [-0.3, -0.25) is 14.4 Å². The highest BCUT2D eigenvalue weighted by atomic mass is 16.5. The van der Waals surface area contributed by atoms with E-state index in [0.717, 1.165) is 56.9 Å². The number of hydrogen-bond acceptors (Lipinski definition) is 7.